The van der Waals surface area contributed by atoms with Gasteiger partial charge in [0.15, 0.2) is 5.60 Å². The Labute approximate surface area is 147 Å². The predicted octanol–water partition coefficient (Wildman–Crippen LogP) is 2.41. The molecule has 4 heteroatoms. The maximum Gasteiger partial charge on any atom is 0.332 e. The number of nitrogens with two attached hydrogens (primary N) is 1. The third kappa shape index (κ3) is 1.85. The number of nitrogens with zero attached hydrogens (tertiary/aromatic N) is 1. The molecule has 1 aliphatic carbocycles. The normalized spacial score (nSPS) is 32.7. The lowest BCUT2D eigenvalue weighted by atomic mass is 9.65. The number of rotatable bonds is 0. The number of carbonyl (C=O) groups excluding carboxylic acids is 1. The molecule has 3 atom stereocenters. The van der Waals surface area contributed by atoms with E-state index in [0.717, 1.165) is 35.4 Å². The minimum atomic E-state index is -0.512. The highest BCUT2D eigenvalue weighted by molar-refractivity contribution is 5.94. The molecule has 0 aromatic heterocycles. The van der Waals surface area contributed by atoms with Gasteiger partial charge < -0.3 is 10.5 Å². The van der Waals surface area contributed by atoms with Crippen molar-refractivity contribution in [2.75, 3.05) is 12.3 Å². The number of piperidine rings is 1. The molecular formula is C21H20N2O2. The van der Waals surface area contributed by atoms with Gasteiger partial charge in [0.1, 0.15) is 0 Å². The van der Waals surface area contributed by atoms with Gasteiger partial charge in [0, 0.05) is 40.1 Å². The number of nitrogen functional groups attached to an aromatic ring is 1. The van der Waals surface area contributed by atoms with Crippen molar-refractivity contribution in [1.29, 1.82) is 0 Å². The predicted molar refractivity (Wildman–Crippen MR) is 95.5 cm³/mol. The van der Waals surface area contributed by atoms with Gasteiger partial charge >= 0.3 is 5.97 Å². The largest absolute Gasteiger partial charge is 0.445 e. The Kier molecular flexibility index (Phi) is 2.96. The standard InChI is InChI=1S/C21H20N2O2/c1-13-20-16(10-7-14-5-8-15(22)9-6-14)17-12-19(24)25-21(17,20)18-4-2-3-11-23(13)18/h5-6,8-9,12-13,18H,2-4,11,22H2,1H3/t13-,18?,21-/m0/s1. The molecule has 4 aliphatic rings. The summed E-state index contributed by atoms with van der Waals surface area (Å²) in [5, 5.41) is 0. The first-order valence-corrected chi connectivity index (χ1v) is 8.95. The molecule has 3 heterocycles. The zero-order valence-corrected chi connectivity index (χ0v) is 14.2. The van der Waals surface area contributed by atoms with Gasteiger partial charge in [-0.2, -0.15) is 0 Å². The van der Waals surface area contributed by atoms with Gasteiger partial charge in [-0.3, -0.25) is 4.90 Å². The monoisotopic (exact) mass is 332 g/mol. The molecule has 3 aliphatic heterocycles. The summed E-state index contributed by atoms with van der Waals surface area (Å²) >= 11 is 0. The number of hydrogen-bond donors (Lipinski definition) is 1. The van der Waals surface area contributed by atoms with Crippen molar-refractivity contribution < 1.29 is 9.53 Å². The van der Waals surface area contributed by atoms with E-state index in [9.17, 15) is 4.79 Å². The maximum absolute atomic E-state index is 12.1. The van der Waals surface area contributed by atoms with E-state index < -0.39 is 5.60 Å². The number of carbonyl (C=O) groups is 1. The molecule has 2 N–H and O–H groups in total. The van der Waals surface area contributed by atoms with E-state index in [4.69, 9.17) is 10.5 Å². The fourth-order valence-electron chi connectivity index (χ4n) is 5.00. The quantitative estimate of drug-likeness (QED) is 0.450. The van der Waals surface area contributed by atoms with Gasteiger partial charge in [0.25, 0.3) is 0 Å². The Hall–Kier alpha value is -2.51. The van der Waals surface area contributed by atoms with Crippen LogP contribution in [0.3, 0.4) is 0 Å². The Bertz CT molecular complexity index is 900. The third-order valence-electron chi connectivity index (χ3n) is 6.03. The summed E-state index contributed by atoms with van der Waals surface area (Å²) in [5.74, 6) is 6.31. The van der Waals surface area contributed by atoms with Crippen LogP contribution < -0.4 is 5.73 Å². The van der Waals surface area contributed by atoms with Crippen LogP contribution >= 0.6 is 0 Å². The molecule has 1 aromatic carbocycles. The highest BCUT2D eigenvalue weighted by Crippen LogP contribution is 2.61. The van der Waals surface area contributed by atoms with E-state index in [-0.39, 0.29) is 18.1 Å². The molecule has 0 amide bonds. The zero-order chi connectivity index (χ0) is 17.2. The average molecular weight is 332 g/mol. The summed E-state index contributed by atoms with van der Waals surface area (Å²) in [6, 6.07) is 8.12. The van der Waals surface area contributed by atoms with Crippen LogP contribution in [0.15, 0.2) is 47.1 Å². The van der Waals surface area contributed by atoms with Crippen LogP contribution in [-0.4, -0.2) is 35.1 Å². The summed E-state index contributed by atoms with van der Waals surface area (Å²) in [6.07, 6.45) is 5.14. The number of benzene rings is 1. The Balaban J connectivity index is 1.60. The molecule has 0 bridgehead atoms. The molecule has 0 saturated carbocycles. The molecule has 4 nitrogen and oxygen atoms in total. The fourth-order valence-corrected chi connectivity index (χ4v) is 5.00. The SMILES string of the molecule is C[C@H]1C2=C(C#Cc3ccc(N)cc3)C3=CC(=O)O[C@]32C2CCCCN21. The highest BCUT2D eigenvalue weighted by atomic mass is 16.6. The molecular weight excluding hydrogens is 312 g/mol. The first kappa shape index (κ1) is 14.8. The number of anilines is 1. The Morgan fingerprint density at radius 1 is 1.24 bits per heavy atom. The molecule has 126 valence electrons. The minimum Gasteiger partial charge on any atom is -0.445 e. The van der Waals surface area contributed by atoms with Crippen LogP contribution in [0.25, 0.3) is 0 Å². The molecule has 2 saturated heterocycles. The van der Waals surface area contributed by atoms with Gasteiger partial charge in [-0.1, -0.05) is 18.3 Å². The second-order valence-corrected chi connectivity index (χ2v) is 7.30. The number of ether oxygens (including phenoxy) is 1. The van der Waals surface area contributed by atoms with Gasteiger partial charge in [-0.05, 0) is 50.6 Å². The lowest BCUT2D eigenvalue weighted by Crippen LogP contribution is -2.52. The van der Waals surface area contributed by atoms with E-state index in [2.05, 4.69) is 23.7 Å². The van der Waals surface area contributed by atoms with Crippen LogP contribution in [0, 0.1) is 11.8 Å². The zero-order valence-electron chi connectivity index (χ0n) is 14.2. The second-order valence-electron chi connectivity index (χ2n) is 7.30. The molecule has 5 rings (SSSR count). The Morgan fingerprint density at radius 3 is 2.84 bits per heavy atom. The summed E-state index contributed by atoms with van der Waals surface area (Å²) in [7, 11) is 0. The molecule has 25 heavy (non-hydrogen) atoms. The first-order chi connectivity index (χ1) is 12.1. The summed E-state index contributed by atoms with van der Waals surface area (Å²) in [6.45, 7) is 3.29. The number of esters is 1. The average Bonchev–Trinajstić information content (AvgIpc) is 3.01. The lowest BCUT2D eigenvalue weighted by Gasteiger charge is -2.43. The number of fused-ring (bicyclic) bond motifs is 1. The van der Waals surface area contributed by atoms with Crippen LogP contribution in [0.5, 0.6) is 0 Å². The van der Waals surface area contributed by atoms with Crippen LogP contribution in [0.1, 0.15) is 31.7 Å². The minimum absolute atomic E-state index is 0.226. The summed E-state index contributed by atoms with van der Waals surface area (Å²) in [4.78, 5) is 14.6. The van der Waals surface area contributed by atoms with Gasteiger partial charge in [0.05, 0.1) is 6.04 Å². The third-order valence-corrected chi connectivity index (χ3v) is 6.03. The summed E-state index contributed by atoms with van der Waals surface area (Å²) in [5.41, 5.74) is 10.1. The topological polar surface area (TPSA) is 55.6 Å². The van der Waals surface area contributed by atoms with Gasteiger partial charge in [-0.15, -0.1) is 0 Å². The molecule has 0 radical (unpaired) electrons. The smallest absolute Gasteiger partial charge is 0.332 e. The fraction of sp³-hybridized carbons (Fsp3) is 0.381. The van der Waals surface area contributed by atoms with E-state index in [1.807, 2.05) is 24.3 Å². The molecule has 2 fully saturated rings. The second kappa shape index (κ2) is 5.00. The van der Waals surface area contributed by atoms with E-state index >= 15 is 0 Å². The van der Waals surface area contributed by atoms with Crippen molar-refractivity contribution in [3.05, 3.63) is 52.6 Å². The van der Waals surface area contributed by atoms with Crippen molar-refractivity contribution in [1.82, 2.24) is 4.90 Å². The highest BCUT2D eigenvalue weighted by Gasteiger charge is 2.68. The molecule has 1 unspecified atom stereocenters. The van der Waals surface area contributed by atoms with E-state index in [1.165, 1.54) is 18.4 Å². The van der Waals surface area contributed by atoms with Crippen molar-refractivity contribution in [3.63, 3.8) is 0 Å². The van der Waals surface area contributed by atoms with Crippen molar-refractivity contribution >= 4 is 11.7 Å². The van der Waals surface area contributed by atoms with E-state index in [1.54, 1.807) is 6.08 Å². The van der Waals surface area contributed by atoms with Crippen LogP contribution in [0.2, 0.25) is 0 Å². The first-order valence-electron chi connectivity index (χ1n) is 8.95. The van der Waals surface area contributed by atoms with Gasteiger partial charge in [0.2, 0.25) is 0 Å². The molecule has 1 aromatic rings. The lowest BCUT2D eigenvalue weighted by molar-refractivity contribution is -0.146. The van der Waals surface area contributed by atoms with Crippen molar-refractivity contribution in [2.24, 2.45) is 0 Å². The van der Waals surface area contributed by atoms with Gasteiger partial charge in [-0.25, -0.2) is 4.79 Å². The molecule has 1 spiro atoms. The maximum atomic E-state index is 12.1. The van der Waals surface area contributed by atoms with Crippen molar-refractivity contribution in [3.8, 4) is 11.8 Å². The van der Waals surface area contributed by atoms with Crippen LogP contribution in [0.4, 0.5) is 5.69 Å². The summed E-state index contributed by atoms with van der Waals surface area (Å²) < 4.78 is 5.89. The van der Waals surface area contributed by atoms with Crippen LogP contribution in [-0.2, 0) is 9.53 Å². The van der Waals surface area contributed by atoms with E-state index in [0.29, 0.717) is 0 Å². The van der Waals surface area contributed by atoms with Crippen molar-refractivity contribution in [2.45, 2.75) is 43.9 Å². The number of hydrogen-bond acceptors (Lipinski definition) is 4. The Morgan fingerprint density at radius 2 is 2.04 bits per heavy atom.